The fourth-order valence-electron chi connectivity index (χ4n) is 3.73. The van der Waals surface area contributed by atoms with Gasteiger partial charge in [-0.25, -0.2) is 10.4 Å². The number of hydrogen-bond acceptors (Lipinski definition) is 9. The van der Waals surface area contributed by atoms with Crippen molar-refractivity contribution in [2.24, 2.45) is 10.1 Å². The average Bonchev–Trinajstić information content (AvgIpc) is 3.36. The van der Waals surface area contributed by atoms with Gasteiger partial charge in [-0.05, 0) is 40.9 Å². The highest BCUT2D eigenvalue weighted by Gasteiger charge is 2.45. The zero-order valence-corrected chi connectivity index (χ0v) is 20.9. The van der Waals surface area contributed by atoms with Crippen LogP contribution in [0.5, 0.6) is 5.75 Å². The number of nitrogens with one attached hydrogen (secondary N) is 2. The van der Waals surface area contributed by atoms with Crippen molar-refractivity contribution < 1.29 is 28.8 Å². The highest BCUT2D eigenvalue weighted by Crippen LogP contribution is 2.29. The quantitative estimate of drug-likeness (QED) is 0.0824. The van der Waals surface area contributed by atoms with Gasteiger partial charge in [0.05, 0.1) is 19.7 Å². The number of aliphatic imine (C=N–C) groups is 1. The molecule has 0 aromatic heterocycles. The second-order valence-electron chi connectivity index (χ2n) is 8.26. The number of hydrogen-bond donors (Lipinski definition) is 3. The van der Waals surface area contributed by atoms with Crippen LogP contribution in [0.15, 0.2) is 58.6 Å². The topological polar surface area (TPSA) is 159 Å². The first-order chi connectivity index (χ1) is 18.0. The molecule has 1 atom stereocenters. The van der Waals surface area contributed by atoms with E-state index in [4.69, 9.17) is 34.6 Å². The van der Waals surface area contributed by atoms with E-state index in [0.29, 0.717) is 30.2 Å². The van der Waals surface area contributed by atoms with Gasteiger partial charge in [-0.2, -0.15) is 0 Å². The number of aliphatic hydroxyl groups excluding tert-OH is 1. The second kappa shape index (κ2) is 14.2. The predicted molar refractivity (Wildman–Crippen MR) is 136 cm³/mol. The molecule has 3 N–H and O–H groups in total. The number of azide groups is 1. The molecular formula is C25H32N6O6. The minimum atomic E-state index is -1.28. The van der Waals surface area contributed by atoms with Crippen LogP contribution < -0.4 is 15.6 Å². The first-order valence-electron chi connectivity index (χ1n) is 11.8. The van der Waals surface area contributed by atoms with Gasteiger partial charge in [-0.1, -0.05) is 29.4 Å². The van der Waals surface area contributed by atoms with Gasteiger partial charge in [0.2, 0.25) is 5.90 Å². The third kappa shape index (κ3) is 7.66. The van der Waals surface area contributed by atoms with E-state index >= 15 is 0 Å². The monoisotopic (exact) mass is 512 g/mol. The molecule has 0 bridgehead atoms. The molecule has 37 heavy (non-hydrogen) atoms. The van der Waals surface area contributed by atoms with Crippen LogP contribution in [0.4, 0.5) is 0 Å². The number of carbonyl (C=O) groups excluding carboxylic acids is 1. The van der Waals surface area contributed by atoms with E-state index in [1.807, 2.05) is 24.3 Å². The maximum atomic E-state index is 13.5. The Balaban J connectivity index is 1.85. The van der Waals surface area contributed by atoms with E-state index < -0.39 is 17.7 Å². The van der Waals surface area contributed by atoms with Gasteiger partial charge in [-0.3, -0.25) is 10.2 Å². The molecule has 1 aliphatic heterocycles. The van der Waals surface area contributed by atoms with Crippen LogP contribution in [-0.2, 0) is 32.0 Å². The van der Waals surface area contributed by atoms with E-state index in [2.05, 4.69) is 20.9 Å². The van der Waals surface area contributed by atoms with Gasteiger partial charge in [0.25, 0.3) is 5.91 Å². The summed E-state index contributed by atoms with van der Waals surface area (Å²) in [6.45, 7) is 0.855. The van der Waals surface area contributed by atoms with Crippen molar-refractivity contribution in [2.75, 3.05) is 40.6 Å². The van der Waals surface area contributed by atoms with Gasteiger partial charge in [-0.15, -0.1) is 0 Å². The van der Waals surface area contributed by atoms with Gasteiger partial charge < -0.3 is 24.1 Å². The molecule has 2 aromatic carbocycles. The molecule has 1 amide bonds. The molecule has 3 rings (SSSR count). The Morgan fingerprint density at radius 2 is 1.95 bits per heavy atom. The number of rotatable bonds is 15. The van der Waals surface area contributed by atoms with Crippen LogP contribution in [0.1, 0.15) is 23.1 Å². The Morgan fingerprint density at radius 1 is 1.22 bits per heavy atom. The van der Waals surface area contributed by atoms with Crippen LogP contribution in [0.25, 0.3) is 10.4 Å². The lowest BCUT2D eigenvalue weighted by Crippen LogP contribution is -2.54. The van der Waals surface area contributed by atoms with Crippen molar-refractivity contribution in [2.45, 2.75) is 31.2 Å². The van der Waals surface area contributed by atoms with Crippen molar-refractivity contribution in [3.05, 3.63) is 75.7 Å². The molecule has 198 valence electrons. The largest absolute Gasteiger partial charge is 0.494 e. The lowest BCUT2D eigenvalue weighted by atomic mass is 9.89. The standard InChI is InChI=1S/C25H32N6O6/c1-34-22(35-2)16-27-30-24(33)25(14-19-6-3-4-7-20(19)15-28-31-26)17-37-23(29-25)18-8-10-21(11-9-18)36-13-5-12-32/h3-4,6-11,22,27,32H,5,12-17H2,1-2H3,(H,30,33)/t25-/m0/s1. The zero-order chi connectivity index (χ0) is 26.5. The summed E-state index contributed by atoms with van der Waals surface area (Å²) in [6.07, 6.45) is 0.222. The summed E-state index contributed by atoms with van der Waals surface area (Å²) in [6, 6.07) is 14.6. The molecule has 12 heteroatoms. The molecular weight excluding hydrogens is 480 g/mol. The molecule has 0 fully saturated rings. The first kappa shape index (κ1) is 27.9. The highest BCUT2D eigenvalue weighted by atomic mass is 16.7. The summed E-state index contributed by atoms with van der Waals surface area (Å²) in [5, 5.41) is 12.6. The highest BCUT2D eigenvalue weighted by molar-refractivity contribution is 6.00. The van der Waals surface area contributed by atoms with E-state index in [1.165, 1.54) is 14.2 Å². The Morgan fingerprint density at radius 3 is 2.62 bits per heavy atom. The number of carbonyl (C=O) groups is 1. The third-order valence-electron chi connectivity index (χ3n) is 5.76. The lowest BCUT2D eigenvalue weighted by molar-refractivity contribution is -0.129. The Labute approximate surface area is 215 Å². The summed E-state index contributed by atoms with van der Waals surface area (Å²) in [7, 11) is 3.01. The van der Waals surface area contributed by atoms with Crippen LogP contribution >= 0.6 is 0 Å². The first-order valence-corrected chi connectivity index (χ1v) is 11.8. The minimum Gasteiger partial charge on any atom is -0.494 e. The van der Waals surface area contributed by atoms with Gasteiger partial charge >= 0.3 is 0 Å². The maximum Gasteiger partial charge on any atom is 0.266 e. The predicted octanol–water partition coefficient (Wildman–Crippen LogP) is 2.26. The average molecular weight is 513 g/mol. The summed E-state index contributed by atoms with van der Waals surface area (Å²) in [4.78, 5) is 21.1. The molecule has 2 aromatic rings. The zero-order valence-electron chi connectivity index (χ0n) is 20.9. The molecule has 0 aliphatic carbocycles. The minimum absolute atomic E-state index is 0.0123. The fraction of sp³-hybridized carbons (Fsp3) is 0.440. The van der Waals surface area contributed by atoms with Crippen molar-refractivity contribution in [1.29, 1.82) is 0 Å². The van der Waals surface area contributed by atoms with Gasteiger partial charge in [0.1, 0.15) is 12.4 Å². The van der Waals surface area contributed by atoms with E-state index in [0.717, 1.165) is 11.1 Å². The number of methoxy groups -OCH3 is 2. The summed E-state index contributed by atoms with van der Waals surface area (Å²) >= 11 is 0. The molecule has 1 heterocycles. The van der Waals surface area contributed by atoms with Crippen molar-refractivity contribution >= 4 is 11.8 Å². The summed E-state index contributed by atoms with van der Waals surface area (Å²) in [5.74, 6) is 0.592. The molecule has 12 nitrogen and oxygen atoms in total. The fourth-order valence-corrected chi connectivity index (χ4v) is 3.73. The van der Waals surface area contributed by atoms with Crippen molar-refractivity contribution in [3.8, 4) is 5.75 Å². The van der Waals surface area contributed by atoms with Crippen molar-refractivity contribution in [1.82, 2.24) is 10.9 Å². The number of hydrazine groups is 1. The van der Waals surface area contributed by atoms with Gasteiger partial charge in [0, 0.05) is 44.1 Å². The van der Waals surface area contributed by atoms with Crippen molar-refractivity contribution in [3.63, 3.8) is 0 Å². The van der Waals surface area contributed by atoms with Crippen LogP contribution in [-0.4, -0.2) is 69.3 Å². The van der Waals surface area contributed by atoms with E-state index in [-0.39, 0.29) is 32.7 Å². The van der Waals surface area contributed by atoms with Crippen LogP contribution in [0.2, 0.25) is 0 Å². The van der Waals surface area contributed by atoms with Crippen LogP contribution in [0, 0.1) is 0 Å². The Hall–Kier alpha value is -3.67. The normalized spacial score (nSPS) is 16.6. The molecule has 1 aliphatic rings. The smallest absolute Gasteiger partial charge is 0.266 e. The number of ether oxygens (including phenoxy) is 4. The number of aliphatic hydroxyl groups is 1. The van der Waals surface area contributed by atoms with E-state index in [1.54, 1.807) is 24.3 Å². The second-order valence-corrected chi connectivity index (χ2v) is 8.26. The molecule has 0 unspecified atom stereocenters. The summed E-state index contributed by atoms with van der Waals surface area (Å²) in [5.41, 5.74) is 15.3. The van der Waals surface area contributed by atoms with Crippen LogP contribution in [0.3, 0.4) is 0 Å². The summed E-state index contributed by atoms with van der Waals surface area (Å²) < 4.78 is 21.8. The van der Waals surface area contributed by atoms with Gasteiger partial charge in [0.15, 0.2) is 11.8 Å². The molecule has 0 saturated heterocycles. The third-order valence-corrected chi connectivity index (χ3v) is 5.76. The lowest BCUT2D eigenvalue weighted by Gasteiger charge is -2.25. The number of amides is 1. The number of benzene rings is 2. The maximum absolute atomic E-state index is 13.5. The molecule has 0 spiro atoms. The Bertz CT molecular complexity index is 1100. The SMILES string of the molecule is COC(CNNC(=O)[C@]1(Cc2ccccc2CN=[N+]=[N-])COC(c2ccc(OCCCO)cc2)=N1)OC. The van der Waals surface area contributed by atoms with E-state index in [9.17, 15) is 4.79 Å². The molecule has 0 saturated carbocycles. The Kier molecular flexibility index (Phi) is 10.7. The molecule has 0 radical (unpaired) electrons. The number of nitrogens with zero attached hydrogens (tertiary/aromatic N) is 4.